The van der Waals surface area contributed by atoms with E-state index in [9.17, 15) is 9.59 Å². The van der Waals surface area contributed by atoms with Crippen molar-refractivity contribution in [2.45, 2.75) is 23.6 Å². The molecule has 7 nitrogen and oxygen atoms in total. The largest absolute Gasteiger partial charge is 0.366 e. The van der Waals surface area contributed by atoms with Crippen LogP contribution in [0.2, 0.25) is 0 Å². The molecule has 2 heterocycles. The molecule has 0 unspecified atom stereocenters. The van der Waals surface area contributed by atoms with Crippen LogP contribution in [0.4, 0.5) is 5.82 Å². The van der Waals surface area contributed by atoms with E-state index in [1.165, 1.54) is 11.8 Å². The van der Waals surface area contributed by atoms with Crippen molar-refractivity contribution >= 4 is 35.0 Å². The molecule has 0 spiro atoms. The summed E-state index contributed by atoms with van der Waals surface area (Å²) in [5.74, 6) is 0.804. The van der Waals surface area contributed by atoms with Crippen LogP contribution in [0.15, 0.2) is 47.6 Å². The summed E-state index contributed by atoms with van der Waals surface area (Å²) in [6.07, 6.45) is 3.60. The molecule has 1 aromatic carbocycles. The maximum absolute atomic E-state index is 11.8. The number of nitrogens with zero attached hydrogens (tertiary/aromatic N) is 3. The summed E-state index contributed by atoms with van der Waals surface area (Å²) in [7, 11) is 0. The minimum atomic E-state index is -0.435. The van der Waals surface area contributed by atoms with Gasteiger partial charge in [-0.05, 0) is 36.6 Å². The van der Waals surface area contributed by atoms with Gasteiger partial charge in [-0.2, -0.15) is 5.10 Å². The molecule has 1 fully saturated rings. The van der Waals surface area contributed by atoms with Crippen molar-refractivity contribution in [1.29, 1.82) is 0 Å². The summed E-state index contributed by atoms with van der Waals surface area (Å²) < 4.78 is 1.64. The van der Waals surface area contributed by atoms with Crippen molar-refractivity contribution < 1.29 is 9.59 Å². The minimum Gasteiger partial charge on any atom is -0.366 e. The number of amides is 2. The van der Waals surface area contributed by atoms with E-state index >= 15 is 0 Å². The second-order valence-corrected chi connectivity index (χ2v) is 7.17. The number of thioether (sulfide) groups is 1. The van der Waals surface area contributed by atoms with Crippen LogP contribution in [0.5, 0.6) is 0 Å². The lowest BCUT2D eigenvalue weighted by molar-refractivity contribution is -0.117. The van der Waals surface area contributed by atoms with Crippen LogP contribution in [0.1, 0.15) is 28.8 Å². The number of hydrogen-bond acceptors (Lipinski definition) is 5. The lowest BCUT2D eigenvalue weighted by Crippen LogP contribution is -2.13. The zero-order valence-corrected chi connectivity index (χ0v) is 14.7. The predicted molar refractivity (Wildman–Crippen MR) is 98.9 cm³/mol. The molecule has 2 aromatic heterocycles. The number of benzene rings is 1. The predicted octanol–water partition coefficient (Wildman–Crippen LogP) is 2.47. The molecule has 0 saturated heterocycles. The Hall–Kier alpha value is -2.87. The summed E-state index contributed by atoms with van der Waals surface area (Å²) in [5, 5.41) is 8.11. The fourth-order valence-electron chi connectivity index (χ4n) is 2.61. The molecule has 3 N–H and O–H groups in total. The lowest BCUT2D eigenvalue weighted by atomic mass is 10.1. The number of aromatic nitrogens is 3. The zero-order valence-electron chi connectivity index (χ0n) is 13.9. The SMILES string of the molecule is NC(=O)c1ccccc1CSc1ccc2nc(NC(=O)C3CC3)cn2n1. The molecular weight excluding hydrogens is 350 g/mol. The number of imidazole rings is 1. The Kier molecular flexibility index (Phi) is 4.34. The third kappa shape index (κ3) is 3.55. The fraction of sp³-hybridized carbons (Fsp3) is 0.222. The standard InChI is InChI=1S/C18H17N5O2S/c19-17(24)13-4-2-1-3-12(13)10-26-16-8-7-15-20-14(9-23(15)22-16)21-18(25)11-5-6-11/h1-4,7-9,11H,5-6,10H2,(H2,19,24)(H,21,25). The highest BCUT2D eigenvalue weighted by Gasteiger charge is 2.30. The van der Waals surface area contributed by atoms with Crippen LogP contribution in [-0.2, 0) is 10.5 Å². The Balaban J connectivity index is 1.49. The normalized spacial score (nSPS) is 13.7. The van der Waals surface area contributed by atoms with E-state index in [2.05, 4.69) is 15.4 Å². The van der Waals surface area contributed by atoms with Crippen LogP contribution < -0.4 is 11.1 Å². The quantitative estimate of drug-likeness (QED) is 0.652. The van der Waals surface area contributed by atoms with E-state index < -0.39 is 5.91 Å². The van der Waals surface area contributed by atoms with Crippen LogP contribution >= 0.6 is 11.8 Å². The highest BCUT2D eigenvalue weighted by Crippen LogP contribution is 2.30. The van der Waals surface area contributed by atoms with E-state index in [1.54, 1.807) is 22.8 Å². The number of hydrogen-bond donors (Lipinski definition) is 2. The number of anilines is 1. The number of nitrogens with two attached hydrogens (primary N) is 1. The molecule has 26 heavy (non-hydrogen) atoms. The zero-order chi connectivity index (χ0) is 18.1. The summed E-state index contributed by atoms with van der Waals surface area (Å²) in [6, 6.07) is 11.0. The monoisotopic (exact) mass is 367 g/mol. The number of rotatable bonds is 6. The van der Waals surface area contributed by atoms with Crippen molar-refractivity contribution in [1.82, 2.24) is 14.6 Å². The molecule has 2 amide bonds. The smallest absolute Gasteiger partial charge is 0.249 e. The van der Waals surface area contributed by atoms with Gasteiger partial charge in [0.1, 0.15) is 5.03 Å². The number of primary amides is 1. The first-order chi connectivity index (χ1) is 12.6. The Morgan fingerprint density at radius 2 is 2.04 bits per heavy atom. The van der Waals surface area contributed by atoms with Gasteiger partial charge in [0, 0.05) is 17.2 Å². The lowest BCUT2D eigenvalue weighted by Gasteiger charge is -2.06. The van der Waals surface area contributed by atoms with Crippen molar-refractivity contribution in [2.24, 2.45) is 11.7 Å². The highest BCUT2D eigenvalue weighted by atomic mass is 32.2. The topological polar surface area (TPSA) is 102 Å². The molecular formula is C18H17N5O2S. The minimum absolute atomic E-state index is 0.0195. The average molecular weight is 367 g/mol. The van der Waals surface area contributed by atoms with E-state index in [0.29, 0.717) is 22.8 Å². The van der Waals surface area contributed by atoms with Gasteiger partial charge in [-0.15, -0.1) is 0 Å². The van der Waals surface area contributed by atoms with Gasteiger partial charge < -0.3 is 11.1 Å². The van der Waals surface area contributed by atoms with Crippen molar-refractivity contribution in [3.05, 3.63) is 53.7 Å². The van der Waals surface area contributed by atoms with Gasteiger partial charge in [0.2, 0.25) is 11.8 Å². The van der Waals surface area contributed by atoms with Gasteiger partial charge in [-0.3, -0.25) is 9.59 Å². The molecule has 3 aromatic rings. The molecule has 0 atom stereocenters. The second-order valence-electron chi connectivity index (χ2n) is 6.17. The molecule has 4 rings (SSSR count). The first kappa shape index (κ1) is 16.6. The molecule has 132 valence electrons. The Labute approximate surface area is 154 Å². The van der Waals surface area contributed by atoms with Gasteiger partial charge >= 0.3 is 0 Å². The molecule has 1 aliphatic rings. The first-order valence-electron chi connectivity index (χ1n) is 8.28. The van der Waals surface area contributed by atoms with E-state index in [1.807, 2.05) is 24.3 Å². The third-order valence-corrected chi connectivity index (χ3v) is 5.12. The summed E-state index contributed by atoms with van der Waals surface area (Å²) >= 11 is 1.50. The van der Waals surface area contributed by atoms with Gasteiger partial charge in [0.05, 0.1) is 6.20 Å². The third-order valence-electron chi connectivity index (χ3n) is 4.15. The number of nitrogens with one attached hydrogen (secondary N) is 1. The Morgan fingerprint density at radius 1 is 1.23 bits per heavy atom. The molecule has 8 heteroatoms. The van der Waals surface area contributed by atoms with Gasteiger partial charge in [-0.25, -0.2) is 9.50 Å². The van der Waals surface area contributed by atoms with Gasteiger partial charge in [0.15, 0.2) is 11.5 Å². The Bertz CT molecular complexity index is 996. The van der Waals surface area contributed by atoms with Crippen molar-refractivity contribution in [3.63, 3.8) is 0 Å². The Morgan fingerprint density at radius 3 is 2.81 bits per heavy atom. The van der Waals surface area contributed by atoms with Crippen molar-refractivity contribution in [3.8, 4) is 0 Å². The molecule has 0 radical (unpaired) electrons. The number of carbonyl (C=O) groups is 2. The van der Waals surface area contributed by atoms with Crippen LogP contribution in [0.3, 0.4) is 0 Å². The number of carbonyl (C=O) groups excluding carboxylic acids is 2. The second kappa shape index (κ2) is 6.80. The van der Waals surface area contributed by atoms with Crippen molar-refractivity contribution in [2.75, 3.05) is 5.32 Å². The summed E-state index contributed by atoms with van der Waals surface area (Å²) in [5.41, 5.74) is 7.47. The molecule has 0 bridgehead atoms. The molecule has 0 aliphatic heterocycles. The fourth-order valence-corrected chi connectivity index (χ4v) is 3.48. The van der Waals surface area contributed by atoms with Crippen LogP contribution in [-0.4, -0.2) is 26.4 Å². The summed E-state index contributed by atoms with van der Waals surface area (Å²) in [6.45, 7) is 0. The highest BCUT2D eigenvalue weighted by molar-refractivity contribution is 7.98. The number of fused-ring (bicyclic) bond motifs is 1. The van der Waals surface area contributed by atoms with E-state index in [0.717, 1.165) is 23.4 Å². The molecule has 1 aliphatic carbocycles. The van der Waals surface area contributed by atoms with Crippen LogP contribution in [0.25, 0.3) is 5.65 Å². The molecule has 1 saturated carbocycles. The maximum atomic E-state index is 11.8. The summed E-state index contributed by atoms with van der Waals surface area (Å²) in [4.78, 5) is 27.7. The average Bonchev–Trinajstić information content (AvgIpc) is 3.41. The van der Waals surface area contributed by atoms with Crippen LogP contribution in [0, 0.1) is 5.92 Å². The first-order valence-corrected chi connectivity index (χ1v) is 9.26. The maximum Gasteiger partial charge on any atom is 0.249 e. The van der Waals surface area contributed by atoms with E-state index in [4.69, 9.17) is 5.73 Å². The van der Waals surface area contributed by atoms with E-state index in [-0.39, 0.29) is 11.8 Å². The van der Waals surface area contributed by atoms with Gasteiger partial charge in [-0.1, -0.05) is 30.0 Å². The van der Waals surface area contributed by atoms with Gasteiger partial charge in [0.25, 0.3) is 0 Å².